The van der Waals surface area contributed by atoms with Crippen LogP contribution < -0.4 is 11.3 Å². The van der Waals surface area contributed by atoms with Gasteiger partial charge in [-0.1, -0.05) is 29.8 Å². The second kappa shape index (κ2) is 6.26. The Bertz CT molecular complexity index is 596. The van der Waals surface area contributed by atoms with E-state index in [9.17, 15) is 13.2 Å². The molecule has 0 heterocycles. The van der Waals surface area contributed by atoms with Gasteiger partial charge in [-0.25, -0.2) is 13.2 Å². The van der Waals surface area contributed by atoms with Crippen molar-refractivity contribution in [3.05, 3.63) is 70.0 Å². The van der Waals surface area contributed by atoms with Gasteiger partial charge in [-0.2, -0.15) is 0 Å². The first-order chi connectivity index (χ1) is 9.52. The third-order valence-corrected chi connectivity index (χ3v) is 3.34. The van der Waals surface area contributed by atoms with Crippen molar-refractivity contribution in [2.45, 2.75) is 12.5 Å². The lowest BCUT2D eigenvalue weighted by molar-refractivity contribution is 0.462. The van der Waals surface area contributed by atoms with Crippen LogP contribution in [-0.4, -0.2) is 0 Å². The standard InChI is InChI=1S/C14H12ClF3N2/c15-10-4-2-1-3-8(10)5-13(20-19)14-11(17)6-9(16)7-12(14)18/h1-4,6-7,13,20H,5,19H2. The molecule has 1 atom stereocenters. The second-order valence-corrected chi connectivity index (χ2v) is 4.71. The Morgan fingerprint density at radius 3 is 2.25 bits per heavy atom. The van der Waals surface area contributed by atoms with E-state index in [2.05, 4.69) is 5.43 Å². The minimum atomic E-state index is -0.988. The van der Waals surface area contributed by atoms with Gasteiger partial charge >= 0.3 is 0 Å². The van der Waals surface area contributed by atoms with Crippen molar-refractivity contribution in [2.24, 2.45) is 5.84 Å². The van der Waals surface area contributed by atoms with Crippen molar-refractivity contribution in [3.8, 4) is 0 Å². The summed E-state index contributed by atoms with van der Waals surface area (Å²) in [7, 11) is 0. The van der Waals surface area contributed by atoms with Gasteiger partial charge in [0.2, 0.25) is 0 Å². The number of rotatable bonds is 4. The first-order valence-electron chi connectivity index (χ1n) is 5.87. The number of nitrogens with one attached hydrogen (secondary N) is 1. The lowest BCUT2D eigenvalue weighted by Gasteiger charge is -2.18. The highest BCUT2D eigenvalue weighted by atomic mass is 35.5. The summed E-state index contributed by atoms with van der Waals surface area (Å²) in [6, 6.07) is 7.29. The summed E-state index contributed by atoms with van der Waals surface area (Å²) < 4.78 is 40.4. The topological polar surface area (TPSA) is 38.0 Å². The molecule has 0 amide bonds. The van der Waals surface area contributed by atoms with E-state index in [4.69, 9.17) is 17.4 Å². The number of hydrogen-bond donors (Lipinski definition) is 2. The minimum absolute atomic E-state index is 0.176. The Hall–Kier alpha value is -1.56. The van der Waals surface area contributed by atoms with Crippen LogP contribution in [0.25, 0.3) is 0 Å². The summed E-state index contributed by atoms with van der Waals surface area (Å²) in [5, 5.41) is 0.468. The zero-order chi connectivity index (χ0) is 14.7. The van der Waals surface area contributed by atoms with Crippen LogP contribution in [-0.2, 0) is 6.42 Å². The molecule has 6 heteroatoms. The lowest BCUT2D eigenvalue weighted by Crippen LogP contribution is -2.31. The van der Waals surface area contributed by atoms with Gasteiger partial charge in [-0.05, 0) is 18.1 Å². The number of hydrazine groups is 1. The monoisotopic (exact) mass is 300 g/mol. The molecule has 0 saturated carbocycles. The van der Waals surface area contributed by atoms with Crippen molar-refractivity contribution < 1.29 is 13.2 Å². The van der Waals surface area contributed by atoms with Crippen LogP contribution in [0.15, 0.2) is 36.4 Å². The lowest BCUT2D eigenvalue weighted by atomic mass is 9.98. The molecule has 0 fully saturated rings. The van der Waals surface area contributed by atoms with Crippen molar-refractivity contribution >= 4 is 11.6 Å². The highest BCUT2D eigenvalue weighted by Gasteiger charge is 2.21. The molecule has 1 unspecified atom stereocenters. The number of halogens is 4. The van der Waals surface area contributed by atoms with Crippen LogP contribution in [0.5, 0.6) is 0 Å². The van der Waals surface area contributed by atoms with Gasteiger partial charge in [0.15, 0.2) is 0 Å². The fraction of sp³-hybridized carbons (Fsp3) is 0.143. The van der Waals surface area contributed by atoms with Crippen molar-refractivity contribution in [3.63, 3.8) is 0 Å². The summed E-state index contributed by atoms with van der Waals surface area (Å²) in [4.78, 5) is 0. The Morgan fingerprint density at radius 1 is 1.10 bits per heavy atom. The fourth-order valence-corrected chi connectivity index (χ4v) is 2.23. The predicted molar refractivity (Wildman–Crippen MR) is 71.5 cm³/mol. The van der Waals surface area contributed by atoms with E-state index in [0.717, 1.165) is 0 Å². The molecule has 2 nitrogen and oxygen atoms in total. The van der Waals surface area contributed by atoms with Gasteiger partial charge in [0.05, 0.1) is 6.04 Å². The van der Waals surface area contributed by atoms with E-state index >= 15 is 0 Å². The zero-order valence-electron chi connectivity index (χ0n) is 10.3. The van der Waals surface area contributed by atoms with Gasteiger partial charge < -0.3 is 0 Å². The third-order valence-electron chi connectivity index (χ3n) is 2.98. The highest BCUT2D eigenvalue weighted by Crippen LogP contribution is 2.27. The first kappa shape index (κ1) is 14.8. The summed E-state index contributed by atoms with van der Waals surface area (Å²) in [5.74, 6) is 2.41. The molecule has 2 aromatic rings. The van der Waals surface area contributed by atoms with Crippen LogP contribution in [0.1, 0.15) is 17.2 Å². The normalized spacial score (nSPS) is 12.4. The Kier molecular flexibility index (Phi) is 4.65. The van der Waals surface area contributed by atoms with Crippen molar-refractivity contribution in [1.29, 1.82) is 0 Å². The SMILES string of the molecule is NNC(Cc1ccccc1Cl)c1c(F)cc(F)cc1F. The Balaban J connectivity index is 2.37. The van der Waals surface area contributed by atoms with Gasteiger partial charge in [0.1, 0.15) is 17.5 Å². The molecule has 106 valence electrons. The molecule has 0 aliphatic carbocycles. The third kappa shape index (κ3) is 3.12. The summed E-state index contributed by atoms with van der Waals surface area (Å²) in [6.45, 7) is 0. The average Bonchev–Trinajstić information content (AvgIpc) is 2.38. The molecule has 0 aliphatic heterocycles. The summed E-state index contributed by atoms with van der Waals surface area (Å²) in [5.41, 5.74) is 2.70. The maximum absolute atomic E-state index is 13.7. The number of hydrogen-bond acceptors (Lipinski definition) is 2. The van der Waals surface area contributed by atoms with Crippen molar-refractivity contribution in [1.82, 2.24) is 5.43 Å². The molecule has 0 radical (unpaired) electrons. The van der Waals surface area contributed by atoms with Gasteiger partial charge in [-0.15, -0.1) is 0 Å². The summed E-state index contributed by atoms with van der Waals surface area (Å²) >= 11 is 6.00. The maximum atomic E-state index is 13.7. The van der Waals surface area contributed by atoms with E-state index in [1.807, 2.05) is 0 Å². The van der Waals surface area contributed by atoms with E-state index < -0.39 is 23.5 Å². The number of benzene rings is 2. The highest BCUT2D eigenvalue weighted by molar-refractivity contribution is 6.31. The minimum Gasteiger partial charge on any atom is -0.271 e. The van der Waals surface area contributed by atoms with Crippen LogP contribution >= 0.6 is 11.6 Å². The largest absolute Gasteiger partial charge is 0.271 e. The van der Waals surface area contributed by atoms with Gasteiger partial charge in [0.25, 0.3) is 0 Å². The molecule has 2 aromatic carbocycles. The maximum Gasteiger partial charge on any atom is 0.133 e. The first-order valence-corrected chi connectivity index (χ1v) is 6.24. The van der Waals surface area contributed by atoms with Crippen LogP contribution in [0.2, 0.25) is 5.02 Å². The molecular weight excluding hydrogens is 289 g/mol. The molecule has 0 aliphatic rings. The van der Waals surface area contributed by atoms with E-state index in [1.165, 1.54) is 0 Å². The molecule has 20 heavy (non-hydrogen) atoms. The smallest absolute Gasteiger partial charge is 0.133 e. The average molecular weight is 301 g/mol. The van der Waals surface area contributed by atoms with E-state index in [0.29, 0.717) is 22.7 Å². The van der Waals surface area contributed by atoms with E-state index in [-0.39, 0.29) is 12.0 Å². The number of nitrogens with two attached hydrogens (primary N) is 1. The zero-order valence-corrected chi connectivity index (χ0v) is 11.1. The van der Waals surface area contributed by atoms with E-state index in [1.54, 1.807) is 24.3 Å². The molecule has 0 saturated heterocycles. The molecule has 0 spiro atoms. The molecule has 0 aromatic heterocycles. The Labute approximate surface area is 119 Å². The fourth-order valence-electron chi connectivity index (χ4n) is 2.01. The van der Waals surface area contributed by atoms with Crippen LogP contribution in [0.3, 0.4) is 0 Å². The Morgan fingerprint density at radius 2 is 1.70 bits per heavy atom. The molecule has 3 N–H and O–H groups in total. The van der Waals surface area contributed by atoms with Gasteiger partial charge in [-0.3, -0.25) is 11.3 Å². The molecule has 2 rings (SSSR count). The second-order valence-electron chi connectivity index (χ2n) is 4.30. The predicted octanol–water partition coefficient (Wildman–Crippen LogP) is 3.50. The van der Waals surface area contributed by atoms with Crippen molar-refractivity contribution in [2.75, 3.05) is 0 Å². The molecule has 0 bridgehead atoms. The van der Waals surface area contributed by atoms with Crippen LogP contribution in [0.4, 0.5) is 13.2 Å². The quantitative estimate of drug-likeness (QED) is 0.670. The van der Waals surface area contributed by atoms with Crippen LogP contribution in [0, 0.1) is 17.5 Å². The molecular formula is C14H12ClF3N2. The van der Waals surface area contributed by atoms with Gasteiger partial charge in [0, 0.05) is 22.7 Å². The summed E-state index contributed by atoms with van der Waals surface area (Å²) in [6.07, 6.45) is 0.176.